The molecule has 0 bridgehead atoms. The van der Waals surface area contributed by atoms with E-state index in [-0.39, 0.29) is 16.3 Å². The van der Waals surface area contributed by atoms with Crippen LogP contribution < -0.4 is 5.32 Å². The molecule has 10 heteroatoms. The number of carbonyl (C=O) groups is 1. The van der Waals surface area contributed by atoms with Gasteiger partial charge in [0.25, 0.3) is 5.91 Å². The topological polar surface area (TPSA) is 125 Å². The zero-order chi connectivity index (χ0) is 22.0. The third kappa shape index (κ3) is 4.31. The van der Waals surface area contributed by atoms with Gasteiger partial charge >= 0.3 is 0 Å². The van der Waals surface area contributed by atoms with Gasteiger partial charge in [-0.1, -0.05) is 12.1 Å². The Labute approximate surface area is 179 Å². The van der Waals surface area contributed by atoms with E-state index in [2.05, 4.69) is 15.5 Å². The Balaban J connectivity index is 1.47. The largest absolute Gasteiger partial charge is 0.507 e. The number of amides is 1. The lowest BCUT2D eigenvalue weighted by atomic mass is 10.1. The number of morpholine rings is 1. The van der Waals surface area contributed by atoms with Gasteiger partial charge in [0.05, 0.1) is 23.8 Å². The van der Waals surface area contributed by atoms with Crippen LogP contribution in [-0.4, -0.2) is 60.2 Å². The molecule has 1 aliphatic heterocycles. The SMILES string of the molecule is Cc1cccc(-c2cc(C(=O)Nc3ccc(S(=O)(=O)N4CCOCC4)cc3)[nH]n2)c1O. The molecule has 0 atom stereocenters. The predicted molar refractivity (Wildman–Crippen MR) is 114 cm³/mol. The number of aromatic amines is 1. The number of nitrogens with one attached hydrogen (secondary N) is 2. The summed E-state index contributed by atoms with van der Waals surface area (Å²) in [4.78, 5) is 12.7. The number of aryl methyl sites for hydroxylation is 1. The van der Waals surface area contributed by atoms with E-state index in [0.29, 0.717) is 48.8 Å². The van der Waals surface area contributed by atoms with Crippen LogP contribution in [0.5, 0.6) is 5.75 Å². The number of phenolic OH excluding ortho intramolecular Hbond substituents is 1. The molecule has 0 radical (unpaired) electrons. The summed E-state index contributed by atoms with van der Waals surface area (Å²) in [6, 6.07) is 12.8. The van der Waals surface area contributed by atoms with Crippen LogP contribution in [0, 0.1) is 6.92 Å². The number of rotatable bonds is 5. The molecule has 1 amide bonds. The maximum absolute atomic E-state index is 12.7. The highest BCUT2D eigenvalue weighted by Gasteiger charge is 2.26. The molecule has 162 valence electrons. The van der Waals surface area contributed by atoms with E-state index in [1.807, 2.05) is 0 Å². The second kappa shape index (κ2) is 8.50. The fraction of sp³-hybridized carbons (Fsp3) is 0.238. The summed E-state index contributed by atoms with van der Waals surface area (Å²) in [5, 5.41) is 19.7. The lowest BCUT2D eigenvalue weighted by Gasteiger charge is -2.26. The van der Waals surface area contributed by atoms with Crippen molar-refractivity contribution in [3.63, 3.8) is 0 Å². The van der Waals surface area contributed by atoms with Gasteiger partial charge in [-0.25, -0.2) is 8.42 Å². The molecule has 1 aromatic heterocycles. The molecule has 1 saturated heterocycles. The molecule has 2 aromatic carbocycles. The van der Waals surface area contributed by atoms with Crippen molar-refractivity contribution in [3.05, 3.63) is 59.8 Å². The standard InChI is InChI=1S/C21H22N4O5S/c1-14-3-2-4-17(20(14)26)18-13-19(24-23-18)21(27)22-15-5-7-16(8-6-15)31(28,29)25-9-11-30-12-10-25/h2-8,13,26H,9-12H2,1H3,(H,22,27)(H,23,24). The number of aromatic nitrogens is 2. The number of carbonyl (C=O) groups excluding carboxylic acids is 1. The first-order valence-electron chi connectivity index (χ1n) is 9.70. The van der Waals surface area contributed by atoms with Crippen LogP contribution in [-0.2, 0) is 14.8 Å². The van der Waals surface area contributed by atoms with Gasteiger partial charge in [-0.2, -0.15) is 9.40 Å². The van der Waals surface area contributed by atoms with E-state index in [1.54, 1.807) is 31.2 Å². The van der Waals surface area contributed by atoms with Gasteiger partial charge in [-0.05, 0) is 48.9 Å². The van der Waals surface area contributed by atoms with Crippen LogP contribution in [0.3, 0.4) is 0 Å². The van der Waals surface area contributed by atoms with Gasteiger partial charge in [0.2, 0.25) is 10.0 Å². The van der Waals surface area contributed by atoms with Crippen molar-refractivity contribution in [2.24, 2.45) is 0 Å². The number of anilines is 1. The molecule has 3 aromatic rings. The minimum atomic E-state index is -3.59. The number of aromatic hydroxyl groups is 1. The van der Waals surface area contributed by atoms with Crippen LogP contribution in [0.4, 0.5) is 5.69 Å². The minimum absolute atomic E-state index is 0.109. The summed E-state index contributed by atoms with van der Waals surface area (Å²) in [6.07, 6.45) is 0. The van der Waals surface area contributed by atoms with Crippen molar-refractivity contribution >= 4 is 21.6 Å². The highest BCUT2D eigenvalue weighted by Crippen LogP contribution is 2.30. The average molecular weight is 442 g/mol. The van der Waals surface area contributed by atoms with Crippen molar-refractivity contribution < 1.29 is 23.1 Å². The molecule has 0 aliphatic carbocycles. The van der Waals surface area contributed by atoms with E-state index in [9.17, 15) is 18.3 Å². The number of ether oxygens (including phenoxy) is 1. The minimum Gasteiger partial charge on any atom is -0.507 e. The molecule has 0 saturated carbocycles. The van der Waals surface area contributed by atoms with Gasteiger partial charge in [0, 0.05) is 24.3 Å². The zero-order valence-electron chi connectivity index (χ0n) is 16.8. The molecule has 2 heterocycles. The number of benzene rings is 2. The quantitative estimate of drug-likeness (QED) is 0.557. The van der Waals surface area contributed by atoms with E-state index in [1.165, 1.54) is 28.6 Å². The summed E-state index contributed by atoms with van der Waals surface area (Å²) < 4.78 is 31.9. The van der Waals surface area contributed by atoms with Crippen LogP contribution in [0.25, 0.3) is 11.3 Å². The molecule has 31 heavy (non-hydrogen) atoms. The third-order valence-electron chi connectivity index (χ3n) is 5.06. The van der Waals surface area contributed by atoms with Gasteiger partial charge in [0.15, 0.2) is 0 Å². The Morgan fingerprint density at radius 3 is 2.58 bits per heavy atom. The third-order valence-corrected chi connectivity index (χ3v) is 6.97. The van der Waals surface area contributed by atoms with Gasteiger partial charge in [-0.3, -0.25) is 9.89 Å². The van der Waals surface area contributed by atoms with Crippen molar-refractivity contribution in [1.29, 1.82) is 0 Å². The number of hydrogen-bond donors (Lipinski definition) is 3. The summed E-state index contributed by atoms with van der Waals surface area (Å²) in [7, 11) is -3.59. The Morgan fingerprint density at radius 1 is 1.16 bits per heavy atom. The van der Waals surface area contributed by atoms with Crippen molar-refractivity contribution in [2.75, 3.05) is 31.6 Å². The van der Waals surface area contributed by atoms with E-state index < -0.39 is 15.9 Å². The summed E-state index contributed by atoms with van der Waals surface area (Å²) in [5.41, 5.74) is 2.33. The highest BCUT2D eigenvalue weighted by atomic mass is 32.2. The Bertz CT molecular complexity index is 1200. The number of nitrogens with zero attached hydrogens (tertiary/aromatic N) is 2. The van der Waals surface area contributed by atoms with E-state index >= 15 is 0 Å². The lowest BCUT2D eigenvalue weighted by molar-refractivity contribution is 0.0730. The Morgan fingerprint density at radius 2 is 1.87 bits per heavy atom. The van der Waals surface area contributed by atoms with Gasteiger partial charge in [0.1, 0.15) is 11.4 Å². The molecule has 9 nitrogen and oxygen atoms in total. The lowest BCUT2D eigenvalue weighted by Crippen LogP contribution is -2.40. The highest BCUT2D eigenvalue weighted by molar-refractivity contribution is 7.89. The van der Waals surface area contributed by atoms with Gasteiger partial charge in [-0.15, -0.1) is 0 Å². The van der Waals surface area contributed by atoms with Gasteiger partial charge < -0.3 is 15.2 Å². The number of para-hydroxylation sites is 1. The average Bonchev–Trinajstić information content (AvgIpc) is 3.27. The van der Waals surface area contributed by atoms with Crippen LogP contribution in [0.1, 0.15) is 16.1 Å². The number of sulfonamides is 1. The molecule has 0 unspecified atom stereocenters. The number of phenols is 1. The fourth-order valence-corrected chi connectivity index (χ4v) is 4.69. The zero-order valence-corrected chi connectivity index (χ0v) is 17.6. The summed E-state index contributed by atoms with van der Waals surface area (Å²) in [5.74, 6) is -0.326. The van der Waals surface area contributed by atoms with E-state index in [0.717, 1.165) is 0 Å². The van der Waals surface area contributed by atoms with Crippen molar-refractivity contribution in [1.82, 2.24) is 14.5 Å². The van der Waals surface area contributed by atoms with Crippen molar-refractivity contribution in [3.8, 4) is 17.0 Å². The first-order valence-corrected chi connectivity index (χ1v) is 11.1. The maximum atomic E-state index is 12.7. The Kier molecular flexibility index (Phi) is 5.77. The smallest absolute Gasteiger partial charge is 0.273 e. The Hall–Kier alpha value is -3.21. The number of H-pyrrole nitrogens is 1. The summed E-state index contributed by atoms with van der Waals surface area (Å²) in [6.45, 7) is 3.17. The summed E-state index contributed by atoms with van der Waals surface area (Å²) >= 11 is 0. The molecule has 1 fully saturated rings. The second-order valence-electron chi connectivity index (χ2n) is 7.13. The molecule has 0 spiro atoms. The molecule has 1 aliphatic rings. The monoisotopic (exact) mass is 442 g/mol. The maximum Gasteiger partial charge on any atom is 0.273 e. The van der Waals surface area contributed by atoms with Crippen LogP contribution in [0.15, 0.2) is 53.4 Å². The first kappa shape index (κ1) is 21.0. The van der Waals surface area contributed by atoms with Crippen LogP contribution in [0.2, 0.25) is 0 Å². The van der Waals surface area contributed by atoms with E-state index in [4.69, 9.17) is 4.74 Å². The number of hydrogen-bond acceptors (Lipinski definition) is 6. The molecule has 3 N–H and O–H groups in total. The normalized spacial score (nSPS) is 15.0. The van der Waals surface area contributed by atoms with Crippen LogP contribution >= 0.6 is 0 Å². The first-order chi connectivity index (χ1) is 14.9. The predicted octanol–water partition coefficient (Wildman–Crippen LogP) is 2.36. The van der Waals surface area contributed by atoms with Crippen molar-refractivity contribution in [2.45, 2.75) is 11.8 Å². The molecular formula is C21H22N4O5S. The molecular weight excluding hydrogens is 420 g/mol. The fourth-order valence-electron chi connectivity index (χ4n) is 3.29. The second-order valence-corrected chi connectivity index (χ2v) is 9.07. The molecule has 4 rings (SSSR count).